The fourth-order valence-corrected chi connectivity index (χ4v) is 3.70. The molecule has 1 aromatic carbocycles. The van der Waals surface area contributed by atoms with Gasteiger partial charge in [0.25, 0.3) is 0 Å². The average Bonchev–Trinajstić information content (AvgIpc) is 2.43. The Kier molecular flexibility index (Phi) is 4.19. The first-order chi connectivity index (χ1) is 9.36. The lowest BCUT2D eigenvalue weighted by Crippen LogP contribution is -2.50. The van der Waals surface area contributed by atoms with Crippen LogP contribution in [-0.2, 0) is 0 Å². The van der Waals surface area contributed by atoms with Gasteiger partial charge in [-0.25, -0.2) is 0 Å². The molecular formula is C17H25NO. The van der Waals surface area contributed by atoms with E-state index in [2.05, 4.69) is 35.6 Å². The number of aliphatic hydroxyl groups is 1. The lowest BCUT2D eigenvalue weighted by molar-refractivity contribution is 0.130. The maximum atomic E-state index is 9.46. The van der Waals surface area contributed by atoms with E-state index in [0.29, 0.717) is 24.6 Å². The highest BCUT2D eigenvalue weighted by atomic mass is 16.3. The molecule has 2 N–H and O–H groups in total. The molecule has 0 bridgehead atoms. The molecule has 3 rings (SSSR count). The van der Waals surface area contributed by atoms with Crippen LogP contribution in [0.5, 0.6) is 0 Å². The van der Waals surface area contributed by atoms with E-state index < -0.39 is 0 Å². The van der Waals surface area contributed by atoms with Crippen LogP contribution in [0.1, 0.15) is 50.0 Å². The second-order valence-corrected chi connectivity index (χ2v) is 6.28. The second kappa shape index (κ2) is 6.06. The van der Waals surface area contributed by atoms with E-state index in [1.807, 2.05) is 0 Å². The summed E-state index contributed by atoms with van der Waals surface area (Å²) in [5, 5.41) is 13.3. The predicted octanol–water partition coefficient (Wildman–Crippen LogP) is 3.07. The smallest absolute Gasteiger partial charge is 0.0474 e. The summed E-state index contributed by atoms with van der Waals surface area (Å²) in [5.41, 5.74) is 1.49. The van der Waals surface area contributed by atoms with Crippen LogP contribution < -0.4 is 5.32 Å². The zero-order valence-electron chi connectivity index (χ0n) is 11.6. The summed E-state index contributed by atoms with van der Waals surface area (Å²) in [6.45, 7) is 0.354. The molecule has 0 aliphatic heterocycles. The van der Waals surface area contributed by atoms with Crippen molar-refractivity contribution in [3.8, 4) is 0 Å². The molecule has 2 nitrogen and oxygen atoms in total. The van der Waals surface area contributed by atoms with Crippen LogP contribution in [0.15, 0.2) is 30.3 Å². The van der Waals surface area contributed by atoms with E-state index in [9.17, 15) is 5.11 Å². The molecular weight excluding hydrogens is 234 g/mol. The van der Waals surface area contributed by atoms with Gasteiger partial charge in [0.05, 0.1) is 0 Å². The summed E-state index contributed by atoms with van der Waals surface area (Å²) in [4.78, 5) is 0. The summed E-state index contributed by atoms with van der Waals surface area (Å²) < 4.78 is 0. The lowest BCUT2D eigenvalue weighted by atomic mass is 9.74. The Morgan fingerprint density at radius 2 is 1.79 bits per heavy atom. The molecule has 0 aromatic heterocycles. The number of hydrogen-bond donors (Lipinski definition) is 2. The molecule has 2 fully saturated rings. The Labute approximate surface area is 116 Å². The molecule has 2 unspecified atom stereocenters. The van der Waals surface area contributed by atoms with Crippen molar-refractivity contribution in [1.29, 1.82) is 0 Å². The SMILES string of the molecule is OCC1CCCCC1NC1CC(c2ccccc2)C1. The highest BCUT2D eigenvalue weighted by Crippen LogP contribution is 2.38. The third kappa shape index (κ3) is 3.01. The van der Waals surface area contributed by atoms with E-state index in [1.165, 1.54) is 44.1 Å². The Hall–Kier alpha value is -0.860. The van der Waals surface area contributed by atoms with Crippen molar-refractivity contribution in [3.05, 3.63) is 35.9 Å². The minimum atomic E-state index is 0.354. The third-order valence-electron chi connectivity index (χ3n) is 5.00. The summed E-state index contributed by atoms with van der Waals surface area (Å²) in [6.07, 6.45) is 7.59. The van der Waals surface area contributed by atoms with Crippen LogP contribution >= 0.6 is 0 Å². The maximum absolute atomic E-state index is 9.46. The van der Waals surface area contributed by atoms with Gasteiger partial charge in [-0.2, -0.15) is 0 Å². The van der Waals surface area contributed by atoms with Gasteiger partial charge >= 0.3 is 0 Å². The molecule has 2 heteroatoms. The molecule has 2 aliphatic carbocycles. The van der Waals surface area contributed by atoms with E-state index >= 15 is 0 Å². The monoisotopic (exact) mass is 259 g/mol. The molecule has 2 saturated carbocycles. The minimum Gasteiger partial charge on any atom is -0.396 e. The summed E-state index contributed by atoms with van der Waals surface area (Å²) in [5.74, 6) is 1.24. The van der Waals surface area contributed by atoms with Gasteiger partial charge < -0.3 is 10.4 Å². The van der Waals surface area contributed by atoms with Crippen LogP contribution in [0, 0.1) is 5.92 Å². The van der Waals surface area contributed by atoms with Crippen molar-refractivity contribution in [2.45, 2.75) is 56.5 Å². The molecule has 2 aliphatic rings. The van der Waals surface area contributed by atoms with E-state index in [-0.39, 0.29) is 0 Å². The largest absolute Gasteiger partial charge is 0.396 e. The van der Waals surface area contributed by atoms with Gasteiger partial charge in [0.1, 0.15) is 0 Å². The van der Waals surface area contributed by atoms with Gasteiger partial charge in [0, 0.05) is 18.7 Å². The van der Waals surface area contributed by atoms with E-state index in [0.717, 1.165) is 5.92 Å². The number of aliphatic hydroxyl groups excluding tert-OH is 1. The molecule has 104 valence electrons. The fourth-order valence-electron chi connectivity index (χ4n) is 3.70. The Bertz CT molecular complexity index is 386. The molecule has 2 atom stereocenters. The third-order valence-corrected chi connectivity index (χ3v) is 5.00. The summed E-state index contributed by atoms with van der Waals surface area (Å²) in [6, 6.07) is 12.1. The first-order valence-corrected chi connectivity index (χ1v) is 7.78. The van der Waals surface area contributed by atoms with Gasteiger partial charge in [-0.15, -0.1) is 0 Å². The standard InChI is InChI=1S/C17H25NO/c19-12-14-8-4-5-9-17(14)18-16-10-15(11-16)13-6-2-1-3-7-13/h1-3,6-7,14-19H,4-5,8-12H2. The number of hydrogen-bond acceptors (Lipinski definition) is 2. The van der Waals surface area contributed by atoms with Crippen LogP contribution in [-0.4, -0.2) is 23.8 Å². The van der Waals surface area contributed by atoms with Crippen molar-refractivity contribution >= 4 is 0 Å². The highest BCUT2D eigenvalue weighted by Gasteiger charge is 2.34. The zero-order valence-corrected chi connectivity index (χ0v) is 11.6. The fraction of sp³-hybridized carbons (Fsp3) is 0.647. The Morgan fingerprint density at radius 3 is 2.53 bits per heavy atom. The normalized spacial score (nSPS) is 34.8. The number of rotatable bonds is 4. The summed E-state index contributed by atoms with van der Waals surface area (Å²) >= 11 is 0. The average molecular weight is 259 g/mol. The molecule has 0 spiro atoms. The first kappa shape index (κ1) is 13.1. The summed E-state index contributed by atoms with van der Waals surface area (Å²) in [7, 11) is 0. The van der Waals surface area contributed by atoms with Gasteiger partial charge in [-0.1, -0.05) is 43.2 Å². The first-order valence-electron chi connectivity index (χ1n) is 7.78. The predicted molar refractivity (Wildman–Crippen MR) is 78.2 cm³/mol. The van der Waals surface area contributed by atoms with Gasteiger partial charge in [0.2, 0.25) is 0 Å². The molecule has 0 saturated heterocycles. The van der Waals surface area contributed by atoms with Crippen molar-refractivity contribution in [1.82, 2.24) is 5.32 Å². The van der Waals surface area contributed by atoms with Crippen LogP contribution in [0.3, 0.4) is 0 Å². The lowest BCUT2D eigenvalue weighted by Gasteiger charge is -2.41. The van der Waals surface area contributed by atoms with Crippen LogP contribution in [0.2, 0.25) is 0 Å². The second-order valence-electron chi connectivity index (χ2n) is 6.28. The number of nitrogens with one attached hydrogen (secondary N) is 1. The number of benzene rings is 1. The molecule has 0 heterocycles. The van der Waals surface area contributed by atoms with Crippen LogP contribution in [0.25, 0.3) is 0 Å². The molecule has 0 radical (unpaired) electrons. The van der Waals surface area contributed by atoms with Crippen LogP contribution in [0.4, 0.5) is 0 Å². The van der Waals surface area contributed by atoms with Gasteiger partial charge in [-0.05, 0) is 43.1 Å². The van der Waals surface area contributed by atoms with E-state index in [1.54, 1.807) is 0 Å². The van der Waals surface area contributed by atoms with Gasteiger partial charge in [0.15, 0.2) is 0 Å². The van der Waals surface area contributed by atoms with Crippen molar-refractivity contribution < 1.29 is 5.11 Å². The zero-order chi connectivity index (χ0) is 13.1. The maximum Gasteiger partial charge on any atom is 0.0474 e. The van der Waals surface area contributed by atoms with Crippen molar-refractivity contribution in [2.75, 3.05) is 6.61 Å². The van der Waals surface area contributed by atoms with Crippen molar-refractivity contribution in [3.63, 3.8) is 0 Å². The Morgan fingerprint density at radius 1 is 1.05 bits per heavy atom. The molecule has 0 amide bonds. The molecule has 19 heavy (non-hydrogen) atoms. The minimum absolute atomic E-state index is 0.354. The van der Waals surface area contributed by atoms with E-state index in [4.69, 9.17) is 0 Å². The van der Waals surface area contributed by atoms with Crippen molar-refractivity contribution in [2.24, 2.45) is 5.92 Å². The quantitative estimate of drug-likeness (QED) is 0.871. The Balaban J connectivity index is 1.48. The van der Waals surface area contributed by atoms with Gasteiger partial charge in [-0.3, -0.25) is 0 Å². The topological polar surface area (TPSA) is 32.3 Å². The molecule has 1 aromatic rings. The highest BCUT2D eigenvalue weighted by molar-refractivity contribution is 5.22.